The predicted molar refractivity (Wildman–Crippen MR) is 31.8 cm³/mol. The summed E-state index contributed by atoms with van der Waals surface area (Å²) in [4.78, 5) is 3.94. The van der Waals surface area contributed by atoms with E-state index in [-0.39, 0.29) is 0 Å². The Morgan fingerprint density at radius 3 is 2.89 bits per heavy atom. The fourth-order valence-electron chi connectivity index (χ4n) is 0.572. The summed E-state index contributed by atoms with van der Waals surface area (Å²) in [5.74, 6) is 1.29. The summed E-state index contributed by atoms with van der Waals surface area (Å²) in [5, 5.41) is 3.64. The molecule has 2 N–H and O–H groups in total. The first-order chi connectivity index (χ1) is 4.33. The molecule has 0 aliphatic rings. The smallest absolute Gasteiger partial charge is 0.223 e. The van der Waals surface area contributed by atoms with Crippen LogP contribution >= 0.6 is 0 Å². The molecule has 0 atom stereocenters. The summed E-state index contributed by atoms with van der Waals surface area (Å²) in [6.07, 6.45) is 0.692. The number of hydrogen-bond acceptors (Lipinski definition) is 4. The standard InChI is InChI=1S/C5H9N3O/c1-4-7-5(2-3-6)8-9-4/h2-3,6H2,1H3. The van der Waals surface area contributed by atoms with Gasteiger partial charge in [0.1, 0.15) is 0 Å². The van der Waals surface area contributed by atoms with Crippen LogP contribution in [0.15, 0.2) is 4.52 Å². The zero-order valence-corrected chi connectivity index (χ0v) is 5.29. The maximum atomic E-state index is 5.25. The summed E-state index contributed by atoms with van der Waals surface area (Å²) in [7, 11) is 0. The van der Waals surface area contributed by atoms with Crippen LogP contribution in [0.5, 0.6) is 0 Å². The Labute approximate surface area is 53.1 Å². The summed E-state index contributed by atoms with van der Waals surface area (Å²) in [6.45, 7) is 2.33. The number of nitrogens with zero attached hydrogens (tertiary/aromatic N) is 2. The Morgan fingerprint density at radius 1 is 1.67 bits per heavy atom. The molecule has 0 fully saturated rings. The van der Waals surface area contributed by atoms with Crippen LogP contribution in [-0.2, 0) is 6.42 Å². The predicted octanol–water partition coefficient (Wildman–Crippen LogP) is -0.121. The minimum atomic E-state index is 0.568. The van der Waals surface area contributed by atoms with E-state index in [0.717, 1.165) is 0 Å². The molecular formula is C5H9N3O. The van der Waals surface area contributed by atoms with Gasteiger partial charge >= 0.3 is 0 Å². The van der Waals surface area contributed by atoms with E-state index in [4.69, 9.17) is 10.3 Å². The van der Waals surface area contributed by atoms with Gasteiger partial charge in [-0.15, -0.1) is 0 Å². The van der Waals surface area contributed by atoms with E-state index in [1.54, 1.807) is 6.92 Å². The van der Waals surface area contributed by atoms with E-state index >= 15 is 0 Å². The van der Waals surface area contributed by atoms with Gasteiger partial charge in [0.15, 0.2) is 5.82 Å². The third-order valence-electron chi connectivity index (χ3n) is 0.938. The average Bonchev–Trinajstić information content (AvgIpc) is 2.17. The SMILES string of the molecule is Cc1nc(CCN)no1. The molecule has 50 valence electrons. The largest absolute Gasteiger partial charge is 0.340 e. The molecule has 4 heteroatoms. The van der Waals surface area contributed by atoms with Gasteiger partial charge in [0.25, 0.3) is 0 Å². The van der Waals surface area contributed by atoms with Crippen LogP contribution in [0.1, 0.15) is 11.7 Å². The molecule has 4 nitrogen and oxygen atoms in total. The molecule has 0 spiro atoms. The Hall–Kier alpha value is -0.900. The van der Waals surface area contributed by atoms with Gasteiger partial charge in [-0.3, -0.25) is 0 Å². The van der Waals surface area contributed by atoms with Gasteiger partial charge in [0.05, 0.1) is 0 Å². The van der Waals surface area contributed by atoms with E-state index in [0.29, 0.717) is 24.7 Å². The van der Waals surface area contributed by atoms with Crippen molar-refractivity contribution in [1.29, 1.82) is 0 Å². The zero-order valence-electron chi connectivity index (χ0n) is 5.29. The number of aryl methyl sites for hydroxylation is 1. The summed E-state index contributed by atoms with van der Waals surface area (Å²) in [5.41, 5.74) is 5.25. The zero-order chi connectivity index (χ0) is 6.69. The first kappa shape index (κ1) is 6.22. The van der Waals surface area contributed by atoms with Crippen LogP contribution in [0.25, 0.3) is 0 Å². The van der Waals surface area contributed by atoms with Gasteiger partial charge in [-0.25, -0.2) is 0 Å². The van der Waals surface area contributed by atoms with E-state index in [1.165, 1.54) is 0 Å². The van der Waals surface area contributed by atoms with Gasteiger partial charge in [-0.05, 0) is 6.54 Å². The third-order valence-corrected chi connectivity index (χ3v) is 0.938. The number of aromatic nitrogens is 2. The molecule has 0 radical (unpaired) electrons. The Kier molecular flexibility index (Phi) is 1.79. The monoisotopic (exact) mass is 127 g/mol. The highest BCUT2D eigenvalue weighted by Gasteiger charge is 1.97. The minimum absolute atomic E-state index is 0.568. The highest BCUT2D eigenvalue weighted by molar-refractivity contribution is 4.83. The minimum Gasteiger partial charge on any atom is -0.340 e. The number of hydrogen-bond donors (Lipinski definition) is 1. The maximum absolute atomic E-state index is 5.25. The molecular weight excluding hydrogens is 118 g/mol. The molecule has 1 heterocycles. The van der Waals surface area contributed by atoms with Gasteiger partial charge in [-0.2, -0.15) is 4.98 Å². The summed E-state index contributed by atoms with van der Waals surface area (Å²) >= 11 is 0. The number of nitrogens with two attached hydrogens (primary N) is 1. The molecule has 1 aromatic heterocycles. The third kappa shape index (κ3) is 1.50. The van der Waals surface area contributed by atoms with Crippen molar-refractivity contribution in [3.05, 3.63) is 11.7 Å². The quantitative estimate of drug-likeness (QED) is 0.601. The molecule has 1 aromatic rings. The van der Waals surface area contributed by atoms with Crippen molar-refractivity contribution < 1.29 is 4.52 Å². The summed E-state index contributed by atoms with van der Waals surface area (Å²) in [6, 6.07) is 0. The number of rotatable bonds is 2. The van der Waals surface area contributed by atoms with Crippen molar-refractivity contribution in [3.63, 3.8) is 0 Å². The van der Waals surface area contributed by atoms with Crippen LogP contribution in [0, 0.1) is 6.92 Å². The molecule has 9 heavy (non-hydrogen) atoms. The van der Waals surface area contributed by atoms with Crippen molar-refractivity contribution in [2.75, 3.05) is 6.54 Å². The lowest BCUT2D eigenvalue weighted by molar-refractivity contribution is 0.387. The second-order valence-corrected chi connectivity index (χ2v) is 1.77. The first-order valence-corrected chi connectivity index (χ1v) is 2.82. The molecule has 0 unspecified atom stereocenters. The highest BCUT2D eigenvalue weighted by atomic mass is 16.5. The van der Waals surface area contributed by atoms with Gasteiger partial charge in [-0.1, -0.05) is 5.16 Å². The fourth-order valence-corrected chi connectivity index (χ4v) is 0.572. The van der Waals surface area contributed by atoms with E-state index in [1.807, 2.05) is 0 Å². The Morgan fingerprint density at radius 2 is 2.44 bits per heavy atom. The molecule has 0 amide bonds. The lowest BCUT2D eigenvalue weighted by Gasteiger charge is -1.82. The van der Waals surface area contributed by atoms with Crippen LogP contribution in [0.4, 0.5) is 0 Å². The average molecular weight is 127 g/mol. The van der Waals surface area contributed by atoms with Crippen LogP contribution in [0.2, 0.25) is 0 Å². The van der Waals surface area contributed by atoms with Crippen molar-refractivity contribution in [3.8, 4) is 0 Å². The Bertz CT molecular complexity index is 184. The van der Waals surface area contributed by atoms with Crippen molar-refractivity contribution in [2.24, 2.45) is 5.73 Å². The molecule has 1 rings (SSSR count). The first-order valence-electron chi connectivity index (χ1n) is 2.82. The van der Waals surface area contributed by atoms with Crippen LogP contribution in [-0.4, -0.2) is 16.7 Å². The molecule has 0 saturated heterocycles. The van der Waals surface area contributed by atoms with E-state index < -0.39 is 0 Å². The second kappa shape index (κ2) is 2.59. The molecule has 0 bridgehead atoms. The molecule has 0 aliphatic carbocycles. The lowest BCUT2D eigenvalue weighted by Crippen LogP contribution is -2.03. The van der Waals surface area contributed by atoms with Gasteiger partial charge < -0.3 is 10.3 Å². The Balaban J connectivity index is 2.61. The maximum Gasteiger partial charge on any atom is 0.223 e. The lowest BCUT2D eigenvalue weighted by atomic mass is 10.4. The van der Waals surface area contributed by atoms with Crippen molar-refractivity contribution in [2.45, 2.75) is 13.3 Å². The van der Waals surface area contributed by atoms with Gasteiger partial charge in [0, 0.05) is 13.3 Å². The fraction of sp³-hybridized carbons (Fsp3) is 0.600. The topological polar surface area (TPSA) is 64.9 Å². The molecule has 0 saturated carbocycles. The van der Waals surface area contributed by atoms with Crippen molar-refractivity contribution in [1.82, 2.24) is 10.1 Å². The van der Waals surface area contributed by atoms with Crippen molar-refractivity contribution >= 4 is 0 Å². The van der Waals surface area contributed by atoms with E-state index in [2.05, 4.69) is 10.1 Å². The second-order valence-electron chi connectivity index (χ2n) is 1.77. The normalized spacial score (nSPS) is 10.0. The molecule has 0 aliphatic heterocycles. The van der Waals surface area contributed by atoms with Crippen LogP contribution < -0.4 is 5.73 Å². The van der Waals surface area contributed by atoms with Crippen LogP contribution in [0.3, 0.4) is 0 Å². The van der Waals surface area contributed by atoms with Gasteiger partial charge in [0.2, 0.25) is 5.89 Å². The highest BCUT2D eigenvalue weighted by Crippen LogP contribution is 1.93. The summed E-state index contributed by atoms with van der Waals surface area (Å²) < 4.78 is 4.70. The van der Waals surface area contributed by atoms with E-state index in [9.17, 15) is 0 Å². The molecule has 0 aromatic carbocycles.